The van der Waals surface area contributed by atoms with Crippen molar-refractivity contribution in [1.82, 2.24) is 15.0 Å². The van der Waals surface area contributed by atoms with Gasteiger partial charge in [0.2, 0.25) is 0 Å². The van der Waals surface area contributed by atoms with E-state index in [0.717, 1.165) is 27.4 Å². The van der Waals surface area contributed by atoms with Gasteiger partial charge in [-0.3, -0.25) is 9.59 Å². The highest BCUT2D eigenvalue weighted by Crippen LogP contribution is 2.29. The zero-order valence-electron chi connectivity index (χ0n) is 17.7. The topological polar surface area (TPSA) is 97.4 Å². The third-order valence-corrected chi connectivity index (χ3v) is 5.66. The molecule has 5 rings (SSSR count). The van der Waals surface area contributed by atoms with Gasteiger partial charge in [0.1, 0.15) is 6.61 Å². The van der Waals surface area contributed by atoms with E-state index in [1.807, 2.05) is 24.3 Å². The third-order valence-electron chi connectivity index (χ3n) is 5.66. The van der Waals surface area contributed by atoms with Crippen molar-refractivity contribution in [3.05, 3.63) is 101 Å². The molecule has 0 aliphatic carbocycles. The Morgan fingerprint density at radius 3 is 2.18 bits per heavy atom. The van der Waals surface area contributed by atoms with Crippen molar-refractivity contribution in [3.8, 4) is 0 Å². The molecule has 164 valence electrons. The van der Waals surface area contributed by atoms with Gasteiger partial charge in [-0.25, -0.2) is 0 Å². The molecule has 0 saturated heterocycles. The van der Waals surface area contributed by atoms with E-state index in [4.69, 9.17) is 9.63 Å². The lowest BCUT2D eigenvalue weighted by molar-refractivity contribution is 0.0902. The summed E-state index contributed by atoms with van der Waals surface area (Å²) in [5, 5.41) is 18.0. The monoisotopic (exact) mass is 439 g/mol. The van der Waals surface area contributed by atoms with Crippen LogP contribution in [-0.2, 0) is 13.1 Å². The van der Waals surface area contributed by atoms with Gasteiger partial charge in [0.25, 0.3) is 5.91 Å². The molecule has 0 fully saturated rings. The Labute approximate surface area is 189 Å². The number of nitrogens with zero attached hydrogens (tertiary/aromatic N) is 2. The Hall–Kier alpha value is -4.23. The first-order chi connectivity index (χ1) is 16.1. The average molecular weight is 439 g/mol. The van der Waals surface area contributed by atoms with E-state index < -0.39 is 6.61 Å². The summed E-state index contributed by atoms with van der Waals surface area (Å²) in [5.41, 5.74) is 3.64. The second kappa shape index (κ2) is 8.72. The van der Waals surface area contributed by atoms with E-state index in [1.165, 1.54) is 0 Å². The number of hydrogen-bond donors (Lipinski definition) is 2. The number of fused-ring (bicyclic) bond motifs is 3. The molecule has 3 aromatic carbocycles. The number of Topliss-reactive ketones (excluding diaryl/α,β-unsaturated/α-hetero) is 1. The normalized spacial score (nSPS) is 11.2. The van der Waals surface area contributed by atoms with Crippen molar-refractivity contribution in [2.75, 3.05) is 6.61 Å². The van der Waals surface area contributed by atoms with Crippen molar-refractivity contribution in [2.24, 2.45) is 0 Å². The summed E-state index contributed by atoms with van der Waals surface area (Å²) in [6, 6.07) is 24.8. The largest absolute Gasteiger partial charge is 0.388 e. The second-order valence-electron chi connectivity index (χ2n) is 7.76. The highest BCUT2D eigenvalue weighted by atomic mass is 16.5. The minimum absolute atomic E-state index is 0.206. The molecule has 33 heavy (non-hydrogen) atoms. The van der Waals surface area contributed by atoms with Crippen LogP contribution < -0.4 is 5.32 Å². The lowest BCUT2D eigenvalue weighted by Gasteiger charge is -2.04. The Morgan fingerprint density at radius 1 is 0.909 bits per heavy atom. The van der Waals surface area contributed by atoms with Crippen LogP contribution in [0.5, 0.6) is 0 Å². The van der Waals surface area contributed by atoms with Gasteiger partial charge in [0.15, 0.2) is 17.2 Å². The number of benzene rings is 3. The quantitative estimate of drug-likeness (QED) is 0.375. The Kier molecular flexibility index (Phi) is 5.46. The molecule has 0 saturated carbocycles. The highest BCUT2D eigenvalue weighted by molar-refractivity contribution is 6.08. The van der Waals surface area contributed by atoms with Gasteiger partial charge in [-0.05, 0) is 17.7 Å². The molecule has 7 heteroatoms. The van der Waals surface area contributed by atoms with Crippen molar-refractivity contribution in [2.45, 2.75) is 13.1 Å². The van der Waals surface area contributed by atoms with E-state index >= 15 is 0 Å². The SMILES string of the molecule is O=C(CO)c1ccc(CNC(=O)c2cc(Cn3c4ccccc4c4ccccc43)on2)cc1. The number of hydrogen-bond acceptors (Lipinski definition) is 5. The minimum Gasteiger partial charge on any atom is -0.388 e. The Balaban J connectivity index is 1.30. The maximum Gasteiger partial charge on any atom is 0.273 e. The first-order valence-electron chi connectivity index (χ1n) is 10.6. The lowest BCUT2D eigenvalue weighted by atomic mass is 10.1. The molecule has 0 aliphatic heterocycles. The predicted octanol–water partition coefficient (Wildman–Crippen LogP) is 3.94. The summed E-state index contributed by atoms with van der Waals surface area (Å²) in [6.45, 7) is 0.204. The van der Waals surface area contributed by atoms with Crippen LogP contribution >= 0.6 is 0 Å². The van der Waals surface area contributed by atoms with Gasteiger partial charge in [-0.2, -0.15) is 0 Å². The van der Waals surface area contributed by atoms with E-state index in [-0.39, 0.29) is 23.9 Å². The zero-order chi connectivity index (χ0) is 22.8. The number of aromatic nitrogens is 2. The standard InChI is InChI=1S/C26H21N3O4/c30-16-25(31)18-11-9-17(10-12-18)14-27-26(32)22-13-19(33-28-22)15-29-23-7-3-1-5-20(23)21-6-2-4-8-24(21)29/h1-13,30H,14-16H2,(H,27,32). The molecule has 2 N–H and O–H groups in total. The van der Waals surface area contributed by atoms with Gasteiger partial charge < -0.3 is 19.5 Å². The molecule has 0 aliphatic rings. The van der Waals surface area contributed by atoms with E-state index in [9.17, 15) is 9.59 Å². The van der Waals surface area contributed by atoms with E-state index in [2.05, 4.69) is 39.3 Å². The maximum absolute atomic E-state index is 12.6. The van der Waals surface area contributed by atoms with Gasteiger partial charge in [0.05, 0.1) is 6.54 Å². The molecule has 1 amide bonds. The molecule has 0 radical (unpaired) electrons. The number of nitrogens with one attached hydrogen (secondary N) is 1. The van der Waals surface area contributed by atoms with Gasteiger partial charge in [0, 0.05) is 40.0 Å². The van der Waals surface area contributed by atoms with Crippen LogP contribution in [-0.4, -0.2) is 33.1 Å². The number of carbonyl (C=O) groups excluding carboxylic acids is 2. The summed E-state index contributed by atoms with van der Waals surface area (Å²) >= 11 is 0. The number of rotatable bonds is 7. The number of para-hydroxylation sites is 2. The molecule has 2 heterocycles. The number of amides is 1. The molecule has 7 nitrogen and oxygen atoms in total. The summed E-state index contributed by atoms with van der Waals surface area (Å²) in [4.78, 5) is 24.0. The van der Waals surface area contributed by atoms with Crippen LogP contribution in [0, 0.1) is 0 Å². The third kappa shape index (κ3) is 4.02. The van der Waals surface area contributed by atoms with Gasteiger partial charge >= 0.3 is 0 Å². The van der Waals surface area contributed by atoms with Crippen LogP contribution in [0.4, 0.5) is 0 Å². The zero-order valence-corrected chi connectivity index (χ0v) is 17.7. The number of aliphatic hydroxyl groups excluding tert-OH is 1. The number of ketones is 1. The molecular formula is C26H21N3O4. The predicted molar refractivity (Wildman–Crippen MR) is 124 cm³/mol. The fourth-order valence-electron chi connectivity index (χ4n) is 4.00. The molecule has 5 aromatic rings. The molecule has 0 unspecified atom stereocenters. The van der Waals surface area contributed by atoms with Crippen molar-refractivity contribution < 1.29 is 19.2 Å². The molecular weight excluding hydrogens is 418 g/mol. The van der Waals surface area contributed by atoms with E-state index in [1.54, 1.807) is 30.3 Å². The van der Waals surface area contributed by atoms with Crippen LogP contribution in [0.25, 0.3) is 21.8 Å². The van der Waals surface area contributed by atoms with Crippen LogP contribution in [0.3, 0.4) is 0 Å². The van der Waals surface area contributed by atoms with Gasteiger partial charge in [-0.15, -0.1) is 0 Å². The maximum atomic E-state index is 12.6. The lowest BCUT2D eigenvalue weighted by Crippen LogP contribution is -2.23. The first kappa shape index (κ1) is 20.7. The summed E-state index contributed by atoms with van der Waals surface area (Å²) in [6.07, 6.45) is 0. The van der Waals surface area contributed by atoms with Crippen molar-refractivity contribution in [1.29, 1.82) is 0 Å². The summed E-state index contributed by atoms with van der Waals surface area (Å²) in [5.74, 6) is -0.106. The van der Waals surface area contributed by atoms with E-state index in [0.29, 0.717) is 17.9 Å². The molecule has 0 atom stereocenters. The van der Waals surface area contributed by atoms with Crippen molar-refractivity contribution >= 4 is 33.5 Å². The molecule has 2 aromatic heterocycles. The van der Waals surface area contributed by atoms with Crippen LogP contribution in [0.1, 0.15) is 32.2 Å². The second-order valence-corrected chi connectivity index (χ2v) is 7.76. The summed E-state index contributed by atoms with van der Waals surface area (Å²) in [7, 11) is 0. The average Bonchev–Trinajstić information content (AvgIpc) is 3.46. The van der Waals surface area contributed by atoms with Gasteiger partial charge in [-0.1, -0.05) is 65.8 Å². The smallest absolute Gasteiger partial charge is 0.273 e. The molecule has 0 spiro atoms. The number of carbonyl (C=O) groups is 2. The fraction of sp³-hybridized carbons (Fsp3) is 0.115. The highest BCUT2D eigenvalue weighted by Gasteiger charge is 2.16. The Morgan fingerprint density at radius 2 is 1.55 bits per heavy atom. The summed E-state index contributed by atoms with van der Waals surface area (Å²) < 4.78 is 7.63. The Bertz CT molecular complexity index is 1410. The molecule has 0 bridgehead atoms. The fourth-order valence-corrected chi connectivity index (χ4v) is 4.00. The van der Waals surface area contributed by atoms with Crippen molar-refractivity contribution in [3.63, 3.8) is 0 Å². The first-order valence-corrected chi connectivity index (χ1v) is 10.6. The van der Waals surface area contributed by atoms with Crippen LogP contribution in [0.2, 0.25) is 0 Å². The minimum atomic E-state index is -0.529. The number of aliphatic hydroxyl groups is 1. The van der Waals surface area contributed by atoms with Crippen LogP contribution in [0.15, 0.2) is 83.4 Å².